The number of benzene rings is 1. The van der Waals surface area contributed by atoms with Crippen LogP contribution in [-0.4, -0.2) is 31.0 Å². The lowest BCUT2D eigenvalue weighted by molar-refractivity contribution is -0.113. The predicted molar refractivity (Wildman–Crippen MR) is 118 cm³/mol. The molecule has 0 atom stereocenters. The van der Waals surface area contributed by atoms with E-state index >= 15 is 0 Å². The van der Waals surface area contributed by atoms with E-state index in [1.54, 1.807) is 16.8 Å². The molecule has 0 unspecified atom stereocenters. The highest BCUT2D eigenvalue weighted by Gasteiger charge is 2.21. The van der Waals surface area contributed by atoms with E-state index in [0.717, 1.165) is 23.1 Å². The van der Waals surface area contributed by atoms with E-state index in [1.165, 1.54) is 24.6 Å². The van der Waals surface area contributed by atoms with Crippen LogP contribution in [0.2, 0.25) is 0 Å². The highest BCUT2D eigenvalue weighted by atomic mass is 79.9. The summed E-state index contributed by atoms with van der Waals surface area (Å²) in [6, 6.07) is 7.64. The summed E-state index contributed by atoms with van der Waals surface area (Å²) in [6.45, 7) is 2.39. The van der Waals surface area contributed by atoms with Gasteiger partial charge in [-0.25, -0.2) is 9.67 Å². The van der Waals surface area contributed by atoms with Gasteiger partial charge in [0.15, 0.2) is 5.16 Å². The number of nitrogens with one attached hydrogen (secondary N) is 1. The van der Waals surface area contributed by atoms with E-state index in [1.807, 2.05) is 29.8 Å². The van der Waals surface area contributed by atoms with E-state index in [-0.39, 0.29) is 17.2 Å². The van der Waals surface area contributed by atoms with Crippen molar-refractivity contribution in [1.82, 2.24) is 19.3 Å². The molecule has 0 aliphatic heterocycles. The fraction of sp³-hybridized carbons (Fsp3) is 0.400. The topological polar surface area (TPSA) is 81.8 Å². The number of aromatic nitrogens is 4. The SMILES string of the molecule is CCn1c(SCC(=O)Nc2ccnn2C2CCCC2)nc2ccc(Br)cc2c1=O. The van der Waals surface area contributed by atoms with Crippen molar-refractivity contribution < 1.29 is 4.79 Å². The molecule has 1 N–H and O–H groups in total. The van der Waals surface area contributed by atoms with Gasteiger partial charge < -0.3 is 5.32 Å². The highest BCUT2D eigenvalue weighted by Crippen LogP contribution is 2.31. The van der Waals surface area contributed by atoms with Crippen LogP contribution in [0.5, 0.6) is 0 Å². The lowest BCUT2D eigenvalue weighted by Gasteiger charge is -2.15. The average molecular weight is 476 g/mol. The Bertz CT molecular complexity index is 1100. The van der Waals surface area contributed by atoms with E-state index in [0.29, 0.717) is 28.6 Å². The second kappa shape index (κ2) is 8.71. The number of carbonyl (C=O) groups is 1. The van der Waals surface area contributed by atoms with Crippen molar-refractivity contribution in [2.24, 2.45) is 0 Å². The molecule has 0 bridgehead atoms. The van der Waals surface area contributed by atoms with Crippen molar-refractivity contribution in [3.8, 4) is 0 Å². The number of amides is 1. The number of hydrogen-bond donors (Lipinski definition) is 1. The van der Waals surface area contributed by atoms with Crippen molar-refractivity contribution in [1.29, 1.82) is 0 Å². The smallest absolute Gasteiger partial charge is 0.262 e. The molecule has 1 aromatic carbocycles. The molecule has 3 aromatic rings. The summed E-state index contributed by atoms with van der Waals surface area (Å²) in [5.41, 5.74) is 0.533. The number of fused-ring (bicyclic) bond motifs is 1. The minimum atomic E-state index is -0.137. The van der Waals surface area contributed by atoms with Crippen LogP contribution in [0.4, 0.5) is 5.82 Å². The van der Waals surface area contributed by atoms with Gasteiger partial charge in [0.1, 0.15) is 5.82 Å². The van der Waals surface area contributed by atoms with Gasteiger partial charge in [-0.3, -0.25) is 14.2 Å². The van der Waals surface area contributed by atoms with Crippen LogP contribution >= 0.6 is 27.7 Å². The monoisotopic (exact) mass is 475 g/mol. The summed E-state index contributed by atoms with van der Waals surface area (Å²) >= 11 is 4.67. The molecule has 2 heterocycles. The van der Waals surface area contributed by atoms with E-state index in [9.17, 15) is 9.59 Å². The zero-order valence-electron chi connectivity index (χ0n) is 16.1. The molecular weight excluding hydrogens is 454 g/mol. The largest absolute Gasteiger partial charge is 0.310 e. The maximum absolute atomic E-state index is 12.8. The Kier molecular flexibility index (Phi) is 6.05. The van der Waals surface area contributed by atoms with Gasteiger partial charge in [-0.15, -0.1) is 0 Å². The zero-order valence-corrected chi connectivity index (χ0v) is 18.5. The lowest BCUT2D eigenvalue weighted by atomic mass is 10.2. The van der Waals surface area contributed by atoms with Crippen LogP contribution in [0.3, 0.4) is 0 Å². The maximum atomic E-state index is 12.8. The molecule has 0 spiro atoms. The van der Waals surface area contributed by atoms with Gasteiger partial charge in [0.25, 0.3) is 5.56 Å². The Hall–Kier alpha value is -2.13. The number of hydrogen-bond acceptors (Lipinski definition) is 5. The number of anilines is 1. The molecule has 0 radical (unpaired) electrons. The van der Waals surface area contributed by atoms with Crippen LogP contribution in [0, 0.1) is 0 Å². The lowest BCUT2D eigenvalue weighted by Crippen LogP contribution is -2.24. The molecule has 0 saturated heterocycles. The Labute approximate surface area is 181 Å². The summed E-state index contributed by atoms with van der Waals surface area (Å²) in [5, 5.41) is 8.45. The van der Waals surface area contributed by atoms with Gasteiger partial charge in [0.2, 0.25) is 5.91 Å². The molecule has 4 rings (SSSR count). The minimum absolute atomic E-state index is 0.0963. The van der Waals surface area contributed by atoms with Crippen LogP contribution < -0.4 is 10.9 Å². The fourth-order valence-corrected chi connectivity index (χ4v) is 4.95. The van der Waals surface area contributed by atoms with Gasteiger partial charge in [-0.1, -0.05) is 40.5 Å². The van der Waals surface area contributed by atoms with Crippen LogP contribution in [0.25, 0.3) is 10.9 Å². The first-order valence-electron chi connectivity index (χ1n) is 9.73. The molecular formula is C20H22BrN5O2S. The summed E-state index contributed by atoms with van der Waals surface area (Å²) in [4.78, 5) is 30.0. The molecule has 1 saturated carbocycles. The Balaban J connectivity index is 1.50. The first-order chi connectivity index (χ1) is 14.1. The number of thioether (sulfide) groups is 1. The molecule has 1 aliphatic carbocycles. The summed E-state index contributed by atoms with van der Waals surface area (Å²) in [5.74, 6) is 0.763. The molecule has 29 heavy (non-hydrogen) atoms. The maximum Gasteiger partial charge on any atom is 0.262 e. The number of halogens is 1. The van der Waals surface area contributed by atoms with Crippen LogP contribution in [-0.2, 0) is 11.3 Å². The number of nitrogens with zero attached hydrogens (tertiary/aromatic N) is 4. The number of carbonyl (C=O) groups excluding carboxylic acids is 1. The second-order valence-corrected chi connectivity index (χ2v) is 8.90. The Morgan fingerprint density at radius 3 is 2.86 bits per heavy atom. The molecule has 1 fully saturated rings. The van der Waals surface area contributed by atoms with E-state index < -0.39 is 0 Å². The third kappa shape index (κ3) is 4.25. The predicted octanol–water partition coefficient (Wildman–Crippen LogP) is 4.22. The third-order valence-corrected chi connectivity index (χ3v) is 6.61. The van der Waals surface area contributed by atoms with Gasteiger partial charge in [0.05, 0.1) is 28.9 Å². The summed E-state index contributed by atoms with van der Waals surface area (Å²) in [7, 11) is 0. The molecule has 1 amide bonds. The third-order valence-electron chi connectivity index (χ3n) is 5.14. The van der Waals surface area contributed by atoms with E-state index in [4.69, 9.17) is 0 Å². The summed E-state index contributed by atoms with van der Waals surface area (Å²) in [6.07, 6.45) is 6.32. The normalized spacial score (nSPS) is 14.6. The van der Waals surface area contributed by atoms with E-state index in [2.05, 4.69) is 31.3 Å². The van der Waals surface area contributed by atoms with Gasteiger partial charge >= 0.3 is 0 Å². The first-order valence-corrected chi connectivity index (χ1v) is 11.5. The van der Waals surface area contributed by atoms with Gasteiger partial charge in [-0.05, 0) is 38.0 Å². The van der Waals surface area contributed by atoms with Gasteiger partial charge in [0, 0.05) is 17.1 Å². The average Bonchev–Trinajstić information content (AvgIpc) is 3.38. The highest BCUT2D eigenvalue weighted by molar-refractivity contribution is 9.10. The standard InChI is InChI=1S/C20H22BrN5O2S/c1-2-25-19(28)15-11-13(21)7-8-16(15)23-20(25)29-12-18(27)24-17-9-10-22-26(17)14-5-3-4-6-14/h7-11,14H,2-6,12H2,1H3,(H,24,27). The molecule has 152 valence electrons. The zero-order chi connectivity index (χ0) is 20.4. The van der Waals surface area contributed by atoms with Crippen LogP contribution in [0.15, 0.2) is 44.9 Å². The van der Waals surface area contributed by atoms with Crippen molar-refractivity contribution in [3.05, 3.63) is 45.3 Å². The minimum Gasteiger partial charge on any atom is -0.310 e. The van der Waals surface area contributed by atoms with Crippen molar-refractivity contribution >= 4 is 50.3 Å². The Morgan fingerprint density at radius 2 is 2.10 bits per heavy atom. The summed E-state index contributed by atoms with van der Waals surface area (Å²) < 4.78 is 4.37. The number of rotatable bonds is 6. The first kappa shape index (κ1) is 20.2. The van der Waals surface area contributed by atoms with Crippen molar-refractivity contribution in [3.63, 3.8) is 0 Å². The van der Waals surface area contributed by atoms with Crippen molar-refractivity contribution in [2.75, 3.05) is 11.1 Å². The fourth-order valence-electron chi connectivity index (χ4n) is 3.72. The molecule has 7 nitrogen and oxygen atoms in total. The molecule has 9 heteroatoms. The molecule has 1 aliphatic rings. The van der Waals surface area contributed by atoms with Crippen LogP contribution in [0.1, 0.15) is 38.6 Å². The van der Waals surface area contributed by atoms with Crippen molar-refractivity contribution in [2.45, 2.75) is 50.4 Å². The van der Waals surface area contributed by atoms with Gasteiger partial charge in [-0.2, -0.15) is 5.10 Å². The second-order valence-electron chi connectivity index (χ2n) is 7.04. The molecule has 2 aromatic heterocycles. The Morgan fingerprint density at radius 1 is 1.31 bits per heavy atom. The quantitative estimate of drug-likeness (QED) is 0.426.